The maximum Gasteiger partial charge on any atom is 0.236 e. The number of ether oxygens (including phenoxy) is 1. The molecular weight excluding hydrogens is 242 g/mol. The molecule has 0 spiro atoms. The van der Waals surface area contributed by atoms with Crippen LogP contribution in [0.3, 0.4) is 0 Å². The fourth-order valence-electron chi connectivity index (χ4n) is 2.61. The number of hydrogen-bond acceptors (Lipinski definition) is 4. The molecule has 0 aromatic carbocycles. The second-order valence-corrected chi connectivity index (χ2v) is 5.02. The number of carbonyl (C=O) groups is 1. The summed E-state index contributed by atoms with van der Waals surface area (Å²) in [6, 6.07) is 5.58. The molecule has 0 bridgehead atoms. The van der Waals surface area contributed by atoms with Crippen molar-refractivity contribution >= 4 is 11.7 Å². The maximum atomic E-state index is 12.8. The van der Waals surface area contributed by atoms with Crippen LogP contribution >= 0.6 is 0 Å². The third-order valence-corrected chi connectivity index (χ3v) is 3.73. The molecule has 2 heterocycles. The largest absolute Gasteiger partial charge is 0.384 e. The van der Waals surface area contributed by atoms with Crippen molar-refractivity contribution in [2.45, 2.75) is 12.8 Å². The Bertz CT molecular complexity index is 410. The number of nitrogens with zero attached hydrogens (tertiary/aromatic N) is 2. The van der Waals surface area contributed by atoms with Gasteiger partial charge in [0.1, 0.15) is 5.82 Å². The number of amides is 1. The number of methoxy groups -OCH3 is 1. The van der Waals surface area contributed by atoms with Gasteiger partial charge >= 0.3 is 0 Å². The van der Waals surface area contributed by atoms with Gasteiger partial charge in [-0.05, 0) is 38.1 Å². The first-order chi connectivity index (χ1) is 9.19. The third-order valence-electron chi connectivity index (χ3n) is 3.73. The number of aromatic nitrogens is 1. The Kier molecular flexibility index (Phi) is 4.50. The Labute approximate surface area is 114 Å². The highest BCUT2D eigenvalue weighted by molar-refractivity contribution is 5.96. The fraction of sp³-hybridized carbons (Fsp3) is 0.571. The van der Waals surface area contributed by atoms with Crippen LogP contribution in [0.5, 0.6) is 0 Å². The molecule has 0 atom stereocenters. The second kappa shape index (κ2) is 6.12. The van der Waals surface area contributed by atoms with Crippen LogP contribution in [0.2, 0.25) is 0 Å². The molecule has 0 saturated carbocycles. The average molecular weight is 263 g/mol. The number of nitrogens with one attached hydrogen (secondary N) is 1. The third kappa shape index (κ3) is 2.93. The molecule has 0 unspecified atom stereocenters. The summed E-state index contributed by atoms with van der Waals surface area (Å²) in [7, 11) is 3.43. The number of carbonyl (C=O) groups excluding carboxylic acids is 1. The SMILES string of the molecule is COCC1(C(=O)N(C)c2ccccn2)CCNCC1. The monoisotopic (exact) mass is 263 g/mol. The molecule has 5 nitrogen and oxygen atoms in total. The standard InChI is InChI=1S/C14H21N3O2/c1-17(12-5-3-4-8-16-12)13(18)14(11-19-2)6-9-15-10-7-14/h3-5,8,15H,6-7,9-11H2,1-2H3. The Balaban J connectivity index is 2.19. The van der Waals surface area contributed by atoms with Gasteiger partial charge in [-0.2, -0.15) is 0 Å². The predicted molar refractivity (Wildman–Crippen MR) is 74.1 cm³/mol. The fourth-order valence-corrected chi connectivity index (χ4v) is 2.61. The topological polar surface area (TPSA) is 54.5 Å². The van der Waals surface area contributed by atoms with E-state index < -0.39 is 5.41 Å². The van der Waals surface area contributed by atoms with Crippen molar-refractivity contribution in [1.82, 2.24) is 10.3 Å². The van der Waals surface area contributed by atoms with E-state index >= 15 is 0 Å². The number of anilines is 1. The molecule has 19 heavy (non-hydrogen) atoms. The lowest BCUT2D eigenvalue weighted by Crippen LogP contribution is -2.51. The van der Waals surface area contributed by atoms with Gasteiger partial charge in [0.25, 0.3) is 0 Å². The van der Waals surface area contributed by atoms with Crippen molar-refractivity contribution in [2.24, 2.45) is 5.41 Å². The molecule has 0 aliphatic carbocycles. The lowest BCUT2D eigenvalue weighted by atomic mass is 9.78. The van der Waals surface area contributed by atoms with Crippen molar-refractivity contribution in [2.75, 3.05) is 38.8 Å². The van der Waals surface area contributed by atoms with Crippen molar-refractivity contribution in [3.8, 4) is 0 Å². The molecule has 104 valence electrons. The van der Waals surface area contributed by atoms with Gasteiger partial charge in [-0.25, -0.2) is 4.98 Å². The van der Waals surface area contributed by atoms with Crippen LogP contribution in [0.4, 0.5) is 5.82 Å². The highest BCUT2D eigenvalue weighted by atomic mass is 16.5. The highest BCUT2D eigenvalue weighted by Crippen LogP contribution is 2.32. The van der Waals surface area contributed by atoms with Gasteiger partial charge < -0.3 is 10.1 Å². The van der Waals surface area contributed by atoms with E-state index in [2.05, 4.69) is 10.3 Å². The molecule has 1 aromatic heterocycles. The number of pyridine rings is 1. The molecule has 1 N–H and O–H groups in total. The van der Waals surface area contributed by atoms with Crippen molar-refractivity contribution in [1.29, 1.82) is 0 Å². The summed E-state index contributed by atoms with van der Waals surface area (Å²) in [6.45, 7) is 2.17. The van der Waals surface area contributed by atoms with E-state index in [1.807, 2.05) is 18.2 Å². The summed E-state index contributed by atoms with van der Waals surface area (Å²) in [5, 5.41) is 3.29. The zero-order chi connectivity index (χ0) is 13.7. The molecule has 1 fully saturated rings. The highest BCUT2D eigenvalue weighted by Gasteiger charge is 2.41. The lowest BCUT2D eigenvalue weighted by Gasteiger charge is -2.38. The van der Waals surface area contributed by atoms with Gasteiger partial charge in [-0.3, -0.25) is 9.69 Å². The summed E-state index contributed by atoms with van der Waals surface area (Å²) >= 11 is 0. The average Bonchev–Trinajstić information content (AvgIpc) is 2.48. The minimum atomic E-state index is -0.424. The van der Waals surface area contributed by atoms with Gasteiger partial charge in [0.05, 0.1) is 12.0 Å². The van der Waals surface area contributed by atoms with Crippen LogP contribution in [-0.4, -0.2) is 44.7 Å². The van der Waals surface area contributed by atoms with E-state index in [0.717, 1.165) is 25.9 Å². The molecular formula is C14H21N3O2. The molecule has 1 aliphatic heterocycles. The van der Waals surface area contributed by atoms with E-state index in [0.29, 0.717) is 12.4 Å². The summed E-state index contributed by atoms with van der Waals surface area (Å²) in [5.41, 5.74) is -0.424. The minimum absolute atomic E-state index is 0.0922. The normalized spacial score (nSPS) is 18.0. The molecule has 2 rings (SSSR count). The number of piperidine rings is 1. The smallest absolute Gasteiger partial charge is 0.236 e. The zero-order valence-corrected chi connectivity index (χ0v) is 11.6. The lowest BCUT2D eigenvalue weighted by molar-refractivity contribution is -0.133. The summed E-state index contributed by atoms with van der Waals surface area (Å²) in [5.74, 6) is 0.774. The van der Waals surface area contributed by atoms with Crippen LogP contribution in [0.15, 0.2) is 24.4 Å². The van der Waals surface area contributed by atoms with Crippen LogP contribution in [0.1, 0.15) is 12.8 Å². The van der Waals surface area contributed by atoms with E-state index in [-0.39, 0.29) is 5.91 Å². The van der Waals surface area contributed by atoms with Crippen molar-refractivity contribution in [3.05, 3.63) is 24.4 Å². The van der Waals surface area contributed by atoms with E-state index in [4.69, 9.17) is 4.74 Å². The first-order valence-corrected chi connectivity index (χ1v) is 6.58. The predicted octanol–water partition coefficient (Wildman–Crippen LogP) is 1.06. The van der Waals surface area contributed by atoms with Gasteiger partial charge in [0, 0.05) is 20.4 Å². The Morgan fingerprint density at radius 3 is 2.79 bits per heavy atom. The van der Waals surface area contributed by atoms with E-state index in [9.17, 15) is 4.79 Å². The Morgan fingerprint density at radius 2 is 2.21 bits per heavy atom. The second-order valence-electron chi connectivity index (χ2n) is 5.02. The van der Waals surface area contributed by atoms with Crippen LogP contribution in [-0.2, 0) is 9.53 Å². The molecule has 0 radical (unpaired) electrons. The first-order valence-electron chi connectivity index (χ1n) is 6.58. The van der Waals surface area contributed by atoms with E-state index in [1.54, 1.807) is 25.3 Å². The van der Waals surface area contributed by atoms with Crippen LogP contribution < -0.4 is 10.2 Å². The number of hydrogen-bond donors (Lipinski definition) is 1. The van der Waals surface area contributed by atoms with Crippen molar-refractivity contribution in [3.63, 3.8) is 0 Å². The van der Waals surface area contributed by atoms with Gasteiger partial charge in [-0.1, -0.05) is 6.07 Å². The Morgan fingerprint density at radius 1 is 1.47 bits per heavy atom. The molecule has 1 amide bonds. The Hall–Kier alpha value is -1.46. The maximum absolute atomic E-state index is 12.8. The molecule has 1 aromatic rings. The van der Waals surface area contributed by atoms with Gasteiger partial charge in [0.15, 0.2) is 0 Å². The minimum Gasteiger partial charge on any atom is -0.384 e. The molecule has 5 heteroatoms. The molecule has 1 saturated heterocycles. The quantitative estimate of drug-likeness (QED) is 0.882. The summed E-state index contributed by atoms with van der Waals surface area (Å²) < 4.78 is 5.30. The summed E-state index contributed by atoms with van der Waals surface area (Å²) in [4.78, 5) is 18.7. The van der Waals surface area contributed by atoms with E-state index in [1.165, 1.54) is 0 Å². The molecule has 1 aliphatic rings. The summed E-state index contributed by atoms with van der Waals surface area (Å²) in [6.07, 6.45) is 3.30. The van der Waals surface area contributed by atoms with Crippen LogP contribution in [0.25, 0.3) is 0 Å². The first kappa shape index (κ1) is 14.0. The zero-order valence-electron chi connectivity index (χ0n) is 11.6. The van der Waals surface area contributed by atoms with Gasteiger partial charge in [0.2, 0.25) is 5.91 Å². The van der Waals surface area contributed by atoms with Gasteiger partial charge in [-0.15, -0.1) is 0 Å². The van der Waals surface area contributed by atoms with Crippen LogP contribution in [0, 0.1) is 5.41 Å². The number of rotatable bonds is 4. The van der Waals surface area contributed by atoms with Crippen molar-refractivity contribution < 1.29 is 9.53 Å².